The number of unbranched alkanes of at least 4 members (excludes halogenated alkanes) is 2. The molecule has 38 heavy (non-hydrogen) atoms. The Morgan fingerprint density at radius 3 is 1.89 bits per heavy atom. The Bertz CT molecular complexity index is 1400. The van der Waals surface area contributed by atoms with E-state index in [-0.39, 0.29) is 28.2 Å². The maximum absolute atomic E-state index is 15.1. The van der Waals surface area contributed by atoms with Crippen LogP contribution in [-0.2, 0) is 6.42 Å². The lowest BCUT2D eigenvalue weighted by Crippen LogP contribution is -2.09. The zero-order valence-electron chi connectivity index (χ0n) is 21.4. The van der Waals surface area contributed by atoms with E-state index >= 15 is 8.78 Å². The lowest BCUT2D eigenvalue weighted by molar-refractivity contribution is 0.0734. The van der Waals surface area contributed by atoms with Gasteiger partial charge in [-0.3, -0.25) is 0 Å². The number of carbonyl (C=O) groups excluding carboxylic acids is 1. The summed E-state index contributed by atoms with van der Waals surface area (Å²) < 4.78 is 54.6. The van der Waals surface area contributed by atoms with Gasteiger partial charge in [0, 0.05) is 11.1 Å². The van der Waals surface area contributed by atoms with Crippen molar-refractivity contribution in [1.29, 1.82) is 0 Å². The van der Waals surface area contributed by atoms with Gasteiger partial charge in [-0.2, -0.15) is 0 Å². The summed E-state index contributed by atoms with van der Waals surface area (Å²) in [4.78, 5) is 12.4. The fraction of sp³-hybridized carbons (Fsp3) is 0.219. The monoisotopic (exact) mass is 518 g/mol. The minimum Gasteiger partial charge on any atom is -0.491 e. The number of halogens is 3. The van der Waals surface area contributed by atoms with E-state index in [1.54, 1.807) is 13.0 Å². The standard InChI is InChI=1S/C32H29F3O3/c1-3-5-6-7-21-8-10-22(11-9-21)26-17-18-27(31(35)30(26)34)23-12-15-25(16-13-23)38-32(36)24-14-19-29(37-4-2)28(33)20-24/h8-20H,3-7H2,1-2H3. The third-order valence-electron chi connectivity index (χ3n) is 6.26. The van der Waals surface area contributed by atoms with Gasteiger partial charge >= 0.3 is 5.97 Å². The zero-order chi connectivity index (χ0) is 27.1. The molecule has 0 saturated carbocycles. The Labute approximate surface area is 220 Å². The van der Waals surface area contributed by atoms with Gasteiger partial charge in [0.25, 0.3) is 0 Å². The molecule has 0 N–H and O–H groups in total. The van der Waals surface area contributed by atoms with Gasteiger partial charge < -0.3 is 9.47 Å². The van der Waals surface area contributed by atoms with Crippen molar-refractivity contribution < 1.29 is 27.4 Å². The minimum absolute atomic E-state index is 0.0210. The van der Waals surface area contributed by atoms with Gasteiger partial charge in [0.05, 0.1) is 12.2 Å². The molecular weight excluding hydrogens is 489 g/mol. The van der Waals surface area contributed by atoms with Crippen LogP contribution >= 0.6 is 0 Å². The van der Waals surface area contributed by atoms with Crippen LogP contribution in [0.25, 0.3) is 22.3 Å². The molecule has 0 fully saturated rings. The van der Waals surface area contributed by atoms with Crippen molar-refractivity contribution in [2.75, 3.05) is 6.61 Å². The van der Waals surface area contributed by atoms with Crippen LogP contribution in [0.4, 0.5) is 13.2 Å². The molecule has 0 spiro atoms. The molecule has 0 radical (unpaired) electrons. The largest absolute Gasteiger partial charge is 0.491 e. The third-order valence-corrected chi connectivity index (χ3v) is 6.26. The Kier molecular flexibility index (Phi) is 8.85. The molecular formula is C32H29F3O3. The van der Waals surface area contributed by atoms with Crippen LogP contribution in [0.1, 0.15) is 49.0 Å². The second kappa shape index (κ2) is 12.5. The smallest absolute Gasteiger partial charge is 0.343 e. The lowest BCUT2D eigenvalue weighted by Gasteiger charge is -2.11. The SMILES string of the molecule is CCCCCc1ccc(-c2ccc(-c3ccc(OC(=O)c4ccc(OCC)c(F)c4)cc3)c(F)c2F)cc1. The topological polar surface area (TPSA) is 35.5 Å². The summed E-state index contributed by atoms with van der Waals surface area (Å²) in [7, 11) is 0. The summed E-state index contributed by atoms with van der Waals surface area (Å²) in [6.45, 7) is 4.18. The van der Waals surface area contributed by atoms with Crippen LogP contribution in [-0.4, -0.2) is 12.6 Å². The lowest BCUT2D eigenvalue weighted by atomic mass is 9.97. The molecule has 4 aromatic rings. The highest BCUT2D eigenvalue weighted by Crippen LogP contribution is 2.32. The fourth-order valence-electron chi connectivity index (χ4n) is 4.19. The molecule has 0 bridgehead atoms. The van der Waals surface area contributed by atoms with Crippen molar-refractivity contribution in [2.45, 2.75) is 39.5 Å². The van der Waals surface area contributed by atoms with Crippen LogP contribution in [0.5, 0.6) is 11.5 Å². The summed E-state index contributed by atoms with van der Waals surface area (Å²) in [5.41, 5.74) is 2.51. The maximum Gasteiger partial charge on any atom is 0.343 e. The van der Waals surface area contributed by atoms with E-state index in [4.69, 9.17) is 9.47 Å². The Balaban J connectivity index is 1.47. The first-order valence-corrected chi connectivity index (χ1v) is 12.7. The second-order valence-corrected chi connectivity index (χ2v) is 8.93. The van der Waals surface area contributed by atoms with Gasteiger partial charge in [-0.1, -0.05) is 68.3 Å². The highest BCUT2D eigenvalue weighted by atomic mass is 19.2. The van der Waals surface area contributed by atoms with Crippen molar-refractivity contribution in [3.05, 3.63) is 107 Å². The number of aryl methyl sites for hydroxylation is 1. The molecule has 196 valence electrons. The van der Waals surface area contributed by atoms with Crippen molar-refractivity contribution in [3.8, 4) is 33.8 Å². The Morgan fingerprint density at radius 2 is 1.34 bits per heavy atom. The second-order valence-electron chi connectivity index (χ2n) is 8.93. The minimum atomic E-state index is -0.955. The molecule has 0 aliphatic carbocycles. The van der Waals surface area contributed by atoms with Crippen LogP contribution in [0.2, 0.25) is 0 Å². The number of esters is 1. The van der Waals surface area contributed by atoms with Crippen LogP contribution < -0.4 is 9.47 Å². The number of hydrogen-bond acceptors (Lipinski definition) is 3. The summed E-state index contributed by atoms with van der Waals surface area (Å²) >= 11 is 0. The molecule has 0 saturated heterocycles. The average molecular weight is 519 g/mol. The van der Waals surface area contributed by atoms with Gasteiger partial charge in [-0.15, -0.1) is 0 Å². The molecule has 0 unspecified atom stereocenters. The van der Waals surface area contributed by atoms with Gasteiger partial charge in [-0.05, 0) is 66.8 Å². The van der Waals surface area contributed by atoms with E-state index in [9.17, 15) is 9.18 Å². The van der Waals surface area contributed by atoms with Crippen molar-refractivity contribution in [1.82, 2.24) is 0 Å². The molecule has 4 rings (SSSR count). The predicted octanol–water partition coefficient (Wildman–Crippen LogP) is 8.79. The molecule has 0 heterocycles. The quantitative estimate of drug-likeness (QED) is 0.120. The first-order valence-electron chi connectivity index (χ1n) is 12.7. The number of hydrogen-bond donors (Lipinski definition) is 0. The average Bonchev–Trinajstić information content (AvgIpc) is 2.92. The van der Waals surface area contributed by atoms with Gasteiger partial charge in [0.1, 0.15) is 5.75 Å². The molecule has 6 heteroatoms. The Hall–Kier alpha value is -4.06. The molecule has 0 aliphatic heterocycles. The van der Waals surface area contributed by atoms with Gasteiger partial charge in [0.2, 0.25) is 0 Å². The first-order chi connectivity index (χ1) is 18.4. The maximum atomic E-state index is 15.1. The van der Waals surface area contributed by atoms with Crippen molar-refractivity contribution in [3.63, 3.8) is 0 Å². The molecule has 0 atom stereocenters. The van der Waals surface area contributed by atoms with Gasteiger partial charge in [-0.25, -0.2) is 18.0 Å². The molecule has 4 aromatic carbocycles. The number of benzene rings is 4. The summed E-state index contributed by atoms with van der Waals surface area (Å²) in [6, 6.07) is 20.5. The van der Waals surface area contributed by atoms with E-state index in [1.807, 2.05) is 24.3 Å². The molecule has 3 nitrogen and oxygen atoms in total. The van der Waals surface area contributed by atoms with Crippen LogP contribution in [0.3, 0.4) is 0 Å². The highest BCUT2D eigenvalue weighted by molar-refractivity contribution is 5.91. The Morgan fingerprint density at radius 1 is 0.737 bits per heavy atom. The predicted molar refractivity (Wildman–Crippen MR) is 143 cm³/mol. The molecule has 0 amide bonds. The highest BCUT2D eigenvalue weighted by Gasteiger charge is 2.17. The molecule has 0 aliphatic rings. The number of rotatable bonds is 10. The summed E-state index contributed by atoms with van der Waals surface area (Å²) in [6.07, 6.45) is 4.38. The summed E-state index contributed by atoms with van der Waals surface area (Å²) in [5, 5.41) is 0. The molecule has 0 aromatic heterocycles. The van der Waals surface area contributed by atoms with E-state index < -0.39 is 23.4 Å². The van der Waals surface area contributed by atoms with Crippen LogP contribution in [0.15, 0.2) is 78.9 Å². The number of ether oxygens (including phenoxy) is 2. The van der Waals surface area contributed by atoms with E-state index in [0.29, 0.717) is 17.7 Å². The van der Waals surface area contributed by atoms with E-state index in [0.717, 1.165) is 31.7 Å². The zero-order valence-corrected chi connectivity index (χ0v) is 21.4. The van der Waals surface area contributed by atoms with Crippen molar-refractivity contribution >= 4 is 5.97 Å². The first kappa shape index (κ1) is 27.0. The fourth-order valence-corrected chi connectivity index (χ4v) is 4.19. The van der Waals surface area contributed by atoms with Gasteiger partial charge in [0.15, 0.2) is 23.2 Å². The van der Waals surface area contributed by atoms with E-state index in [1.165, 1.54) is 48.0 Å². The van der Waals surface area contributed by atoms with Crippen LogP contribution in [0, 0.1) is 17.5 Å². The third kappa shape index (κ3) is 6.25. The van der Waals surface area contributed by atoms with Crippen molar-refractivity contribution in [2.24, 2.45) is 0 Å². The number of carbonyl (C=O) groups is 1. The normalized spacial score (nSPS) is 10.9. The van der Waals surface area contributed by atoms with E-state index in [2.05, 4.69) is 6.92 Å². The summed E-state index contributed by atoms with van der Waals surface area (Å²) in [5.74, 6) is -3.06.